The smallest absolute Gasteiger partial charge is 0.233 e. The Labute approximate surface area is 139 Å². The molecule has 2 N–H and O–H groups in total. The number of carbonyl (C=O) groups is 2. The predicted octanol–water partition coefficient (Wildman–Crippen LogP) is 3.62. The van der Waals surface area contributed by atoms with Gasteiger partial charge in [0.2, 0.25) is 11.8 Å². The Morgan fingerprint density at radius 1 is 1.09 bits per heavy atom. The third kappa shape index (κ3) is 5.00. The minimum atomic E-state index is -0.448. The molecule has 0 aliphatic rings. The van der Waals surface area contributed by atoms with Gasteiger partial charge in [-0.05, 0) is 42.8 Å². The molecule has 120 valence electrons. The zero-order valence-electron chi connectivity index (χ0n) is 12.9. The summed E-state index contributed by atoms with van der Waals surface area (Å²) in [6.07, 6.45) is -0.302. The Bertz CT molecular complexity index is 732. The molecule has 0 fully saturated rings. The number of nitrogens with one attached hydrogen (secondary N) is 2. The Balaban J connectivity index is 1.97. The molecule has 0 saturated carbocycles. The Morgan fingerprint density at radius 3 is 2.52 bits per heavy atom. The van der Waals surface area contributed by atoms with Crippen molar-refractivity contribution in [2.45, 2.75) is 13.3 Å². The molecule has 0 bridgehead atoms. The van der Waals surface area contributed by atoms with E-state index in [4.69, 9.17) is 16.3 Å². The molecule has 0 saturated heterocycles. The molecule has 0 aliphatic heterocycles. The van der Waals surface area contributed by atoms with Crippen LogP contribution in [0.4, 0.5) is 11.4 Å². The van der Waals surface area contributed by atoms with Gasteiger partial charge in [-0.15, -0.1) is 0 Å². The van der Waals surface area contributed by atoms with Crippen LogP contribution in [0.25, 0.3) is 0 Å². The topological polar surface area (TPSA) is 67.4 Å². The number of halogens is 1. The number of ether oxygens (including phenoxy) is 1. The van der Waals surface area contributed by atoms with Crippen molar-refractivity contribution in [2.24, 2.45) is 0 Å². The number of hydrogen-bond acceptors (Lipinski definition) is 3. The van der Waals surface area contributed by atoms with Crippen molar-refractivity contribution >= 4 is 34.8 Å². The fraction of sp³-hybridized carbons (Fsp3) is 0.176. The van der Waals surface area contributed by atoms with Crippen LogP contribution < -0.4 is 15.4 Å². The first-order valence-corrected chi connectivity index (χ1v) is 7.35. The Morgan fingerprint density at radius 2 is 1.83 bits per heavy atom. The van der Waals surface area contributed by atoms with Crippen LogP contribution in [0.5, 0.6) is 5.75 Å². The van der Waals surface area contributed by atoms with E-state index in [2.05, 4.69) is 10.6 Å². The van der Waals surface area contributed by atoms with Crippen LogP contribution in [0.3, 0.4) is 0 Å². The van der Waals surface area contributed by atoms with E-state index in [1.54, 1.807) is 24.3 Å². The summed E-state index contributed by atoms with van der Waals surface area (Å²) in [5.41, 5.74) is 2.10. The van der Waals surface area contributed by atoms with Crippen molar-refractivity contribution < 1.29 is 14.3 Å². The molecule has 0 aliphatic carbocycles. The molecule has 6 heteroatoms. The number of benzene rings is 2. The number of carbonyl (C=O) groups excluding carboxylic acids is 2. The minimum Gasteiger partial charge on any atom is -0.495 e. The number of anilines is 2. The lowest BCUT2D eigenvalue weighted by atomic mass is 10.2. The van der Waals surface area contributed by atoms with Crippen LogP contribution in [0.2, 0.25) is 5.02 Å². The van der Waals surface area contributed by atoms with Crippen molar-refractivity contribution in [1.82, 2.24) is 0 Å². The largest absolute Gasteiger partial charge is 0.495 e. The maximum absolute atomic E-state index is 12.0. The van der Waals surface area contributed by atoms with Gasteiger partial charge in [0.15, 0.2) is 0 Å². The van der Waals surface area contributed by atoms with Gasteiger partial charge in [0.25, 0.3) is 0 Å². The zero-order valence-corrected chi connectivity index (χ0v) is 13.6. The van der Waals surface area contributed by atoms with E-state index in [-0.39, 0.29) is 6.42 Å². The number of rotatable bonds is 5. The lowest BCUT2D eigenvalue weighted by Gasteiger charge is -2.11. The summed E-state index contributed by atoms with van der Waals surface area (Å²) < 4.78 is 5.14. The van der Waals surface area contributed by atoms with Crippen LogP contribution in [-0.4, -0.2) is 18.9 Å². The first kappa shape index (κ1) is 16.8. The van der Waals surface area contributed by atoms with E-state index < -0.39 is 11.8 Å². The van der Waals surface area contributed by atoms with Gasteiger partial charge in [0.1, 0.15) is 12.2 Å². The highest BCUT2D eigenvalue weighted by Gasteiger charge is 2.13. The predicted molar refractivity (Wildman–Crippen MR) is 91.1 cm³/mol. The number of hydrogen-bond donors (Lipinski definition) is 2. The highest BCUT2D eigenvalue weighted by molar-refractivity contribution is 6.31. The maximum atomic E-state index is 12.0. The summed E-state index contributed by atoms with van der Waals surface area (Å²) in [6, 6.07) is 12.2. The van der Waals surface area contributed by atoms with E-state index in [1.807, 2.05) is 25.1 Å². The standard InChI is InChI=1S/C17H17ClN2O3/c1-11-4-3-5-13(8-11)19-16(21)10-17(22)20-14-9-12(18)6-7-15(14)23-2/h3-9H,10H2,1-2H3,(H,19,21)(H,20,22). The van der Waals surface area contributed by atoms with Crippen molar-refractivity contribution in [2.75, 3.05) is 17.7 Å². The fourth-order valence-electron chi connectivity index (χ4n) is 2.05. The van der Waals surface area contributed by atoms with Crippen LogP contribution in [0, 0.1) is 6.92 Å². The zero-order chi connectivity index (χ0) is 16.8. The van der Waals surface area contributed by atoms with Crippen molar-refractivity contribution in [3.05, 3.63) is 53.1 Å². The van der Waals surface area contributed by atoms with Gasteiger partial charge in [-0.25, -0.2) is 0 Å². The lowest BCUT2D eigenvalue weighted by molar-refractivity contribution is -0.123. The van der Waals surface area contributed by atoms with Gasteiger partial charge >= 0.3 is 0 Å². The van der Waals surface area contributed by atoms with E-state index >= 15 is 0 Å². The molecular formula is C17H17ClN2O3. The molecule has 5 nitrogen and oxygen atoms in total. The molecule has 2 amide bonds. The first-order valence-electron chi connectivity index (χ1n) is 6.98. The van der Waals surface area contributed by atoms with Gasteiger partial charge in [0, 0.05) is 10.7 Å². The average Bonchev–Trinajstić information content (AvgIpc) is 2.47. The van der Waals surface area contributed by atoms with Crippen molar-refractivity contribution in [3.63, 3.8) is 0 Å². The molecule has 2 aromatic rings. The molecule has 23 heavy (non-hydrogen) atoms. The normalized spacial score (nSPS) is 10.0. The molecule has 0 unspecified atom stereocenters. The third-order valence-electron chi connectivity index (χ3n) is 3.06. The van der Waals surface area contributed by atoms with Crippen molar-refractivity contribution in [1.29, 1.82) is 0 Å². The summed E-state index contributed by atoms with van der Waals surface area (Å²) in [6.45, 7) is 1.92. The molecule has 0 radical (unpaired) electrons. The fourth-order valence-corrected chi connectivity index (χ4v) is 2.22. The molecule has 0 aromatic heterocycles. The Hall–Kier alpha value is -2.53. The number of amides is 2. The highest BCUT2D eigenvalue weighted by Crippen LogP contribution is 2.27. The third-order valence-corrected chi connectivity index (χ3v) is 3.29. The van der Waals surface area contributed by atoms with Gasteiger partial charge in [-0.1, -0.05) is 23.7 Å². The van der Waals surface area contributed by atoms with Crippen LogP contribution in [-0.2, 0) is 9.59 Å². The SMILES string of the molecule is COc1ccc(Cl)cc1NC(=O)CC(=O)Nc1cccc(C)c1. The second-order valence-electron chi connectivity index (χ2n) is 4.99. The highest BCUT2D eigenvalue weighted by atomic mass is 35.5. The molecular weight excluding hydrogens is 316 g/mol. The Kier molecular flexibility index (Phi) is 5.60. The lowest BCUT2D eigenvalue weighted by Crippen LogP contribution is -2.21. The second-order valence-corrected chi connectivity index (χ2v) is 5.42. The van der Waals surface area contributed by atoms with Gasteiger partial charge in [-0.3, -0.25) is 9.59 Å². The summed E-state index contributed by atoms with van der Waals surface area (Å²) in [5.74, 6) is -0.369. The summed E-state index contributed by atoms with van der Waals surface area (Å²) >= 11 is 5.90. The van der Waals surface area contributed by atoms with Crippen LogP contribution in [0.15, 0.2) is 42.5 Å². The first-order chi connectivity index (χ1) is 11.0. The second kappa shape index (κ2) is 7.65. The summed E-state index contributed by atoms with van der Waals surface area (Å²) in [7, 11) is 1.49. The average molecular weight is 333 g/mol. The molecule has 0 atom stereocenters. The number of methoxy groups -OCH3 is 1. The molecule has 0 heterocycles. The van der Waals surface area contributed by atoms with Crippen molar-refractivity contribution in [3.8, 4) is 5.75 Å². The van der Waals surface area contributed by atoms with E-state index in [0.29, 0.717) is 22.1 Å². The number of aryl methyl sites for hydroxylation is 1. The van der Waals surface area contributed by atoms with Gasteiger partial charge < -0.3 is 15.4 Å². The van der Waals surface area contributed by atoms with Gasteiger partial charge in [-0.2, -0.15) is 0 Å². The summed E-state index contributed by atoms with van der Waals surface area (Å²) in [5, 5.41) is 5.77. The quantitative estimate of drug-likeness (QED) is 0.822. The molecule has 2 rings (SSSR count). The molecule has 0 spiro atoms. The summed E-state index contributed by atoms with van der Waals surface area (Å²) in [4.78, 5) is 23.9. The maximum Gasteiger partial charge on any atom is 0.233 e. The van der Waals surface area contributed by atoms with Crippen LogP contribution in [0.1, 0.15) is 12.0 Å². The van der Waals surface area contributed by atoms with Crippen LogP contribution >= 0.6 is 11.6 Å². The molecule has 2 aromatic carbocycles. The monoisotopic (exact) mass is 332 g/mol. The van der Waals surface area contributed by atoms with E-state index in [0.717, 1.165) is 5.56 Å². The van der Waals surface area contributed by atoms with Gasteiger partial charge in [0.05, 0.1) is 12.8 Å². The minimum absolute atomic E-state index is 0.302. The van der Waals surface area contributed by atoms with E-state index in [9.17, 15) is 9.59 Å². The van der Waals surface area contributed by atoms with E-state index in [1.165, 1.54) is 7.11 Å².